The number of hydrogen-bond acceptors (Lipinski definition) is 2. The van der Waals surface area contributed by atoms with Crippen LogP contribution < -0.4 is 20.8 Å². The highest BCUT2D eigenvalue weighted by molar-refractivity contribution is 9.10. The van der Waals surface area contributed by atoms with E-state index >= 15 is 0 Å². The first kappa shape index (κ1) is 15.3. The second-order valence-corrected chi connectivity index (χ2v) is 6.33. The van der Waals surface area contributed by atoms with E-state index < -0.39 is 0 Å². The molecule has 0 fully saturated rings. The van der Waals surface area contributed by atoms with Crippen LogP contribution >= 0.6 is 15.9 Å². The van der Waals surface area contributed by atoms with Gasteiger partial charge in [-0.25, -0.2) is 4.39 Å². The van der Waals surface area contributed by atoms with Crippen LogP contribution in [0.2, 0.25) is 0 Å². The topological polar surface area (TPSA) is 6.48 Å². The number of anilines is 2. The van der Waals surface area contributed by atoms with E-state index in [2.05, 4.69) is 15.9 Å². The molecular weight excluding hydrogens is 365 g/mol. The van der Waals surface area contributed by atoms with Crippen LogP contribution in [0.15, 0.2) is 77.3 Å². The lowest BCUT2D eigenvalue weighted by molar-refractivity contribution is 0.627. The third-order valence-electron chi connectivity index (χ3n) is 3.95. The van der Waals surface area contributed by atoms with Crippen molar-refractivity contribution < 1.29 is 4.39 Å². The molecule has 0 saturated heterocycles. The van der Waals surface area contributed by atoms with E-state index in [1.165, 1.54) is 6.07 Å². The molecule has 0 aliphatic carbocycles. The lowest BCUT2D eigenvalue weighted by Crippen LogP contribution is -2.64. The largest absolute Gasteiger partial charge is 0.341 e. The predicted molar refractivity (Wildman–Crippen MR) is 103 cm³/mol. The molecule has 0 saturated carbocycles. The number of fused-ring (bicyclic) bond motifs is 1. The second kappa shape index (κ2) is 6.36. The minimum absolute atomic E-state index is 0.265. The van der Waals surface area contributed by atoms with Gasteiger partial charge in [-0.15, -0.1) is 0 Å². The number of benzene rings is 3. The molecule has 0 bridgehead atoms. The molecule has 114 valence electrons. The maximum absolute atomic E-state index is 14.4. The molecule has 6 heteroatoms. The lowest BCUT2D eigenvalue weighted by atomic mass is 9.63. The Kier molecular flexibility index (Phi) is 4.07. The summed E-state index contributed by atoms with van der Waals surface area (Å²) in [7, 11) is 3.97. The van der Waals surface area contributed by atoms with E-state index in [4.69, 9.17) is 0 Å². The van der Waals surface area contributed by atoms with Crippen molar-refractivity contribution in [3.8, 4) is 0 Å². The van der Waals surface area contributed by atoms with E-state index in [-0.39, 0.29) is 5.82 Å². The zero-order valence-electron chi connectivity index (χ0n) is 12.7. The summed E-state index contributed by atoms with van der Waals surface area (Å²) in [5.41, 5.74) is 3.57. The van der Waals surface area contributed by atoms with E-state index in [9.17, 15) is 4.39 Å². The number of halogens is 2. The van der Waals surface area contributed by atoms with Crippen molar-refractivity contribution in [2.24, 2.45) is 0 Å². The molecule has 3 aromatic rings. The average Bonchev–Trinajstić information content (AvgIpc) is 2.62. The quantitative estimate of drug-likeness (QED) is 0.634. The molecule has 0 aromatic heterocycles. The van der Waals surface area contributed by atoms with Gasteiger partial charge in [0.15, 0.2) is 0 Å². The highest BCUT2D eigenvalue weighted by atomic mass is 79.9. The molecule has 4 rings (SSSR count). The van der Waals surface area contributed by atoms with Gasteiger partial charge in [0.2, 0.25) is 0 Å². The molecule has 2 radical (unpaired) electrons. The fourth-order valence-corrected chi connectivity index (χ4v) is 3.25. The summed E-state index contributed by atoms with van der Waals surface area (Å²) in [4.78, 5) is 3.78. The van der Waals surface area contributed by atoms with Crippen molar-refractivity contribution in [1.29, 1.82) is 0 Å². The highest BCUT2D eigenvalue weighted by Crippen LogP contribution is 2.30. The first-order valence-corrected chi connectivity index (χ1v) is 8.39. The molecule has 0 spiro atoms. The molecular formula is C18H12B2BrFN2. The van der Waals surface area contributed by atoms with E-state index in [0.29, 0.717) is 5.69 Å². The first-order valence-electron chi connectivity index (χ1n) is 7.60. The lowest BCUT2D eigenvalue weighted by Gasteiger charge is -2.43. The fourth-order valence-electron chi connectivity index (χ4n) is 2.78. The molecule has 24 heavy (non-hydrogen) atoms. The SMILES string of the molecule is Fc1ccccc1N1[B]c2ccccc2[B]N1c1ccccc1Br. The number of rotatable bonds is 2. The molecule has 1 heterocycles. The Morgan fingerprint density at radius 2 is 1.17 bits per heavy atom. The standard InChI is InChI=1S/C18H12B2BrFN2/c21-15-9-3-5-11-17(15)23-19-13-7-1-2-8-14(13)20-24(23)18-12-6-4-10-16(18)22/h1-12H. The molecule has 0 N–H and O–H groups in total. The van der Waals surface area contributed by atoms with Crippen molar-refractivity contribution in [2.45, 2.75) is 0 Å². The normalized spacial score (nSPS) is 13.1. The molecule has 2 nitrogen and oxygen atoms in total. The summed E-state index contributed by atoms with van der Waals surface area (Å²) < 4.78 is 15.4. The Morgan fingerprint density at radius 3 is 1.79 bits per heavy atom. The Balaban J connectivity index is 1.85. The number of para-hydroxylation sites is 2. The maximum Gasteiger partial charge on any atom is 0.312 e. The Bertz CT molecular complexity index is 818. The van der Waals surface area contributed by atoms with E-state index in [1.807, 2.05) is 79.3 Å². The van der Waals surface area contributed by atoms with Gasteiger partial charge in [-0.1, -0.05) is 59.5 Å². The van der Waals surface area contributed by atoms with Gasteiger partial charge in [0.25, 0.3) is 0 Å². The zero-order chi connectivity index (χ0) is 16.5. The summed E-state index contributed by atoms with van der Waals surface area (Å²) in [6.45, 7) is 0. The Morgan fingerprint density at radius 1 is 0.667 bits per heavy atom. The Labute approximate surface area is 150 Å². The number of hydrazine groups is 1. The third-order valence-corrected chi connectivity index (χ3v) is 4.62. The van der Waals surface area contributed by atoms with Crippen molar-refractivity contribution in [1.82, 2.24) is 0 Å². The Hall–Kier alpha value is -2.20. The van der Waals surface area contributed by atoms with Gasteiger partial charge < -0.3 is 9.84 Å². The van der Waals surface area contributed by atoms with Crippen LogP contribution in [-0.2, 0) is 0 Å². The van der Waals surface area contributed by atoms with Crippen LogP contribution in [0, 0.1) is 5.82 Å². The van der Waals surface area contributed by atoms with Crippen LogP contribution in [-0.4, -0.2) is 14.8 Å². The van der Waals surface area contributed by atoms with Crippen LogP contribution in [0.5, 0.6) is 0 Å². The van der Waals surface area contributed by atoms with Crippen LogP contribution in [0.1, 0.15) is 0 Å². The second-order valence-electron chi connectivity index (χ2n) is 5.48. The van der Waals surface area contributed by atoms with Crippen molar-refractivity contribution in [3.05, 3.63) is 83.1 Å². The third kappa shape index (κ3) is 2.71. The van der Waals surface area contributed by atoms with Gasteiger partial charge in [-0.3, -0.25) is 0 Å². The average molecular weight is 377 g/mol. The van der Waals surface area contributed by atoms with Gasteiger partial charge in [0.05, 0.1) is 11.4 Å². The van der Waals surface area contributed by atoms with Gasteiger partial charge in [0, 0.05) is 4.47 Å². The first-order chi connectivity index (χ1) is 11.7. The van der Waals surface area contributed by atoms with Crippen LogP contribution in [0.3, 0.4) is 0 Å². The monoisotopic (exact) mass is 376 g/mol. The summed E-state index contributed by atoms with van der Waals surface area (Å²) in [6, 6.07) is 22.7. The van der Waals surface area contributed by atoms with Crippen LogP contribution in [0.25, 0.3) is 0 Å². The van der Waals surface area contributed by atoms with Gasteiger partial charge in [0.1, 0.15) is 5.82 Å². The highest BCUT2D eigenvalue weighted by Gasteiger charge is 2.29. The van der Waals surface area contributed by atoms with Gasteiger partial charge in [-0.2, -0.15) is 0 Å². The molecule has 1 aliphatic heterocycles. The van der Waals surface area contributed by atoms with Gasteiger partial charge in [-0.05, 0) is 40.2 Å². The molecule has 0 amide bonds. The molecule has 3 aromatic carbocycles. The summed E-state index contributed by atoms with van der Waals surface area (Å²) in [5.74, 6) is -0.265. The fraction of sp³-hybridized carbons (Fsp3) is 0. The van der Waals surface area contributed by atoms with E-state index in [1.54, 1.807) is 12.1 Å². The number of hydrogen-bond donors (Lipinski definition) is 0. The summed E-state index contributed by atoms with van der Waals surface area (Å²) in [5, 5.41) is 0. The predicted octanol–water partition coefficient (Wildman–Crippen LogP) is 3.02. The maximum atomic E-state index is 14.4. The molecule has 0 atom stereocenters. The number of nitrogens with zero attached hydrogens (tertiary/aromatic N) is 2. The molecule has 1 aliphatic rings. The van der Waals surface area contributed by atoms with Crippen LogP contribution in [0.4, 0.5) is 15.8 Å². The van der Waals surface area contributed by atoms with Crippen molar-refractivity contribution in [3.63, 3.8) is 0 Å². The summed E-state index contributed by atoms with van der Waals surface area (Å²) >= 11 is 3.59. The zero-order valence-corrected chi connectivity index (χ0v) is 14.3. The van der Waals surface area contributed by atoms with Gasteiger partial charge >= 0.3 is 14.8 Å². The van der Waals surface area contributed by atoms with E-state index in [0.717, 1.165) is 21.1 Å². The minimum Gasteiger partial charge on any atom is -0.341 e. The molecule has 0 unspecified atom stereocenters. The smallest absolute Gasteiger partial charge is 0.312 e. The minimum atomic E-state index is -0.265. The summed E-state index contributed by atoms with van der Waals surface area (Å²) in [6.07, 6.45) is 0. The van der Waals surface area contributed by atoms with Crippen molar-refractivity contribution >= 4 is 53.1 Å². The van der Waals surface area contributed by atoms with Crippen molar-refractivity contribution in [2.75, 3.05) is 9.84 Å².